The molecule has 8 rings (SSSR count). The Labute approximate surface area is 366 Å². The van der Waals surface area contributed by atoms with E-state index in [0.717, 1.165) is 42.8 Å². The number of fused-ring (bicyclic) bond motifs is 7. The Balaban J connectivity index is 1.00. The first-order valence-corrected chi connectivity index (χ1v) is 26.0. The third-order valence-electron chi connectivity index (χ3n) is 18.9. The highest BCUT2D eigenvalue weighted by Crippen LogP contribution is 2.76. The van der Waals surface area contributed by atoms with Gasteiger partial charge in [0.05, 0.1) is 16.4 Å². The Kier molecular flexibility index (Phi) is 11.6. The summed E-state index contributed by atoms with van der Waals surface area (Å²) in [6.07, 6.45) is 19.0. The summed E-state index contributed by atoms with van der Waals surface area (Å²) in [5.74, 6) is 3.52. The van der Waals surface area contributed by atoms with E-state index in [1.165, 1.54) is 79.6 Å². The number of ether oxygens (including phenoxy) is 1. The number of aliphatic carboxylic acids is 1. The second-order valence-electron chi connectivity index (χ2n) is 22.4. The molecule has 7 aliphatic rings. The summed E-state index contributed by atoms with van der Waals surface area (Å²) in [4.78, 5) is 16.1. The maximum atomic E-state index is 12.8. The summed E-state index contributed by atoms with van der Waals surface area (Å²) in [6.45, 7) is 29.1. The maximum Gasteiger partial charge on any atom is 0.313 e. The molecule has 60 heavy (non-hydrogen) atoms. The molecule has 0 radical (unpaired) electrons. The number of hydrogen-bond acceptors (Lipinski definition) is 8. The zero-order valence-electron chi connectivity index (χ0n) is 38.0. The number of nitrogens with one attached hydrogen (secondary N) is 1. The van der Waals surface area contributed by atoms with Crippen LogP contribution < -0.4 is 10.1 Å². The van der Waals surface area contributed by atoms with Crippen molar-refractivity contribution in [3.8, 4) is 5.88 Å². The molecule has 6 aliphatic carbocycles. The first-order chi connectivity index (χ1) is 28.2. The lowest BCUT2D eigenvalue weighted by molar-refractivity contribution is -0.222. The van der Waals surface area contributed by atoms with E-state index in [2.05, 4.69) is 81.4 Å². The number of hydrogen-bond donors (Lipinski definition) is 2. The molecule has 0 aromatic carbocycles. The first kappa shape index (κ1) is 44.3. The van der Waals surface area contributed by atoms with Gasteiger partial charge < -0.3 is 20.1 Å². The molecule has 8 nitrogen and oxygen atoms in total. The van der Waals surface area contributed by atoms with Gasteiger partial charge in [-0.2, -0.15) is 4.37 Å². The summed E-state index contributed by atoms with van der Waals surface area (Å²) >= 11 is 1.34. The van der Waals surface area contributed by atoms with Crippen molar-refractivity contribution in [1.29, 1.82) is 0 Å². The third-order valence-corrected chi connectivity index (χ3v) is 21.5. The van der Waals surface area contributed by atoms with Gasteiger partial charge in [0.2, 0.25) is 5.88 Å². The van der Waals surface area contributed by atoms with Gasteiger partial charge in [-0.1, -0.05) is 58.9 Å². The van der Waals surface area contributed by atoms with Crippen LogP contribution in [0.3, 0.4) is 0 Å². The van der Waals surface area contributed by atoms with E-state index in [9.17, 15) is 18.3 Å². The molecule has 0 amide bonds. The molecule has 4 unspecified atom stereocenters. The molecule has 4 saturated carbocycles. The largest absolute Gasteiger partial charge is 0.481 e. The average Bonchev–Trinajstić information content (AvgIpc) is 3.80. The SMILES string of the molecule is C=C(C)C[C@@H]1CC[C@]2(NCCN3CCS(=O)(=O)CC3)CC[C@]3(C)[C@H](CCC4[C@@]5(C)CC=C(C6=CCC(COc7cc(C(=C)C)sn7)(C(=O)O)CC6)C(C)(C)C5CC[C@]43C)C12. The summed E-state index contributed by atoms with van der Waals surface area (Å²) in [6, 6.07) is 1.87. The van der Waals surface area contributed by atoms with Gasteiger partial charge in [-0.3, -0.25) is 4.79 Å². The Morgan fingerprint density at radius 2 is 1.70 bits per heavy atom. The molecule has 5 fully saturated rings. The molecule has 1 aliphatic heterocycles. The minimum atomic E-state index is -2.88. The lowest BCUT2D eigenvalue weighted by atomic mass is 9.33. The average molecular weight is 862 g/mol. The topological polar surface area (TPSA) is 109 Å². The van der Waals surface area contributed by atoms with E-state index < -0.39 is 21.2 Å². The van der Waals surface area contributed by atoms with Crippen molar-refractivity contribution in [2.24, 2.45) is 56.7 Å². The highest BCUT2D eigenvalue weighted by molar-refractivity contribution is 7.91. The van der Waals surface area contributed by atoms with Crippen LogP contribution in [-0.4, -0.2) is 78.6 Å². The summed E-state index contributed by atoms with van der Waals surface area (Å²) < 4.78 is 34.7. The van der Waals surface area contributed by atoms with E-state index in [0.29, 0.717) is 72.9 Å². The van der Waals surface area contributed by atoms with Gasteiger partial charge in [-0.05, 0) is 177 Å². The molecule has 10 atom stereocenters. The normalized spacial score (nSPS) is 40.8. The van der Waals surface area contributed by atoms with Crippen molar-refractivity contribution in [2.45, 2.75) is 137 Å². The van der Waals surface area contributed by atoms with Crippen LogP contribution in [-0.2, 0) is 14.6 Å². The van der Waals surface area contributed by atoms with Gasteiger partial charge in [0.15, 0.2) is 9.84 Å². The van der Waals surface area contributed by atoms with Gasteiger partial charge in [-0.25, -0.2) is 8.42 Å². The number of carbonyl (C=O) groups is 1. The zero-order valence-corrected chi connectivity index (χ0v) is 39.6. The molecule has 332 valence electrons. The molecule has 1 aromatic heterocycles. The predicted molar refractivity (Wildman–Crippen MR) is 245 cm³/mol. The first-order valence-electron chi connectivity index (χ1n) is 23.4. The molecule has 0 bridgehead atoms. The summed E-state index contributed by atoms with van der Waals surface area (Å²) in [7, 11) is -2.88. The molecule has 10 heteroatoms. The highest BCUT2D eigenvalue weighted by atomic mass is 32.2. The molecular formula is C50H75N3O5S2. The molecule has 1 aromatic rings. The Hall–Kier alpha value is -2.27. The number of allylic oxidation sites excluding steroid dienone is 6. The van der Waals surface area contributed by atoms with Crippen molar-refractivity contribution in [2.75, 3.05) is 44.3 Å². The highest BCUT2D eigenvalue weighted by Gasteiger charge is 2.70. The summed E-state index contributed by atoms with van der Waals surface area (Å²) in [5.41, 5.74) is 5.01. The number of aromatic nitrogens is 1. The molecule has 1 saturated heterocycles. The fourth-order valence-electron chi connectivity index (χ4n) is 15.6. The van der Waals surface area contributed by atoms with Crippen LogP contribution in [0, 0.1) is 56.7 Å². The van der Waals surface area contributed by atoms with Gasteiger partial charge in [-0.15, -0.1) is 6.58 Å². The monoisotopic (exact) mass is 862 g/mol. The zero-order chi connectivity index (χ0) is 43.1. The Morgan fingerprint density at radius 3 is 2.35 bits per heavy atom. The van der Waals surface area contributed by atoms with Crippen LogP contribution in [0.1, 0.15) is 137 Å². The molecule has 2 N–H and O–H groups in total. The van der Waals surface area contributed by atoms with Crippen LogP contribution in [0.15, 0.2) is 48.1 Å². The van der Waals surface area contributed by atoms with Gasteiger partial charge >= 0.3 is 5.97 Å². The van der Waals surface area contributed by atoms with E-state index in [4.69, 9.17) is 4.74 Å². The van der Waals surface area contributed by atoms with Gasteiger partial charge in [0, 0.05) is 37.8 Å². The predicted octanol–water partition coefficient (Wildman–Crippen LogP) is 10.4. The van der Waals surface area contributed by atoms with E-state index in [1.54, 1.807) is 0 Å². The van der Waals surface area contributed by atoms with E-state index in [-0.39, 0.29) is 33.8 Å². The minimum Gasteiger partial charge on any atom is -0.481 e. The number of nitrogens with zero attached hydrogens (tertiary/aromatic N) is 2. The van der Waals surface area contributed by atoms with Crippen LogP contribution in [0.4, 0.5) is 0 Å². The fraction of sp³-hybridized carbons (Fsp3) is 0.760. The lowest BCUT2D eigenvalue weighted by Crippen LogP contribution is -2.68. The smallest absolute Gasteiger partial charge is 0.313 e. The van der Waals surface area contributed by atoms with Crippen LogP contribution in [0.5, 0.6) is 5.88 Å². The Morgan fingerprint density at radius 1 is 0.950 bits per heavy atom. The van der Waals surface area contributed by atoms with E-state index >= 15 is 0 Å². The van der Waals surface area contributed by atoms with Crippen molar-refractivity contribution in [3.05, 3.63) is 53.0 Å². The third kappa shape index (κ3) is 7.35. The second-order valence-corrected chi connectivity index (χ2v) is 25.5. The lowest BCUT2D eigenvalue weighted by Gasteiger charge is -2.72. The quantitative estimate of drug-likeness (QED) is 0.200. The number of sulfone groups is 1. The van der Waals surface area contributed by atoms with Gasteiger partial charge in [0.25, 0.3) is 0 Å². The van der Waals surface area contributed by atoms with Crippen molar-refractivity contribution in [3.63, 3.8) is 0 Å². The number of carboxylic acid groups (broad SMARTS) is 1. The van der Waals surface area contributed by atoms with Crippen molar-refractivity contribution in [1.82, 2.24) is 14.6 Å². The van der Waals surface area contributed by atoms with Crippen molar-refractivity contribution < 1.29 is 23.1 Å². The molecule has 0 spiro atoms. The van der Waals surface area contributed by atoms with Crippen LogP contribution in [0.25, 0.3) is 5.57 Å². The number of rotatable bonds is 12. The number of carboxylic acids is 1. The molecular weight excluding hydrogens is 787 g/mol. The summed E-state index contributed by atoms with van der Waals surface area (Å²) in [5, 5.41) is 14.8. The Bertz CT molecular complexity index is 2040. The van der Waals surface area contributed by atoms with E-state index in [1.807, 2.05) is 13.0 Å². The molecule has 2 heterocycles. The maximum absolute atomic E-state index is 12.8. The standard InChI is InChI=1S/C50H75N3O5S2/c1-33(2)30-36-14-21-50(51-24-25-53-26-28-60(56,57)29-27-53)23-22-47(8)38(43(36)50)10-11-41-46(7)17-15-37(45(5,6)40(46)16-18-48(41,47)9)35-12-19-49(20-13-35,44(54)55)32-58-42-31-39(34(3)4)59-52-42/h12,15,31,36,38,40-41,43,51H,1,3,10-11,13-14,16-30,32H2,2,4-9H3,(H,54,55)/t36-,38+,40?,41?,43?,46-,47+,48+,49?,50-/m0/s1. The fourth-order valence-corrected chi connectivity index (χ4v) is 17.5. The second kappa shape index (κ2) is 15.8. The van der Waals surface area contributed by atoms with Crippen molar-refractivity contribution >= 4 is 32.9 Å². The van der Waals surface area contributed by atoms with Gasteiger partial charge in [0.1, 0.15) is 12.0 Å². The minimum absolute atomic E-state index is 0.000592. The van der Waals surface area contributed by atoms with Crippen LogP contribution in [0.2, 0.25) is 0 Å². The van der Waals surface area contributed by atoms with Crippen LogP contribution >= 0.6 is 11.5 Å².